The predicted molar refractivity (Wildman–Crippen MR) is 56.5 cm³/mol. The molecule has 0 aliphatic heterocycles. The van der Waals surface area contributed by atoms with Crippen molar-refractivity contribution in [1.29, 1.82) is 0 Å². The fourth-order valence-corrected chi connectivity index (χ4v) is 1.64. The standard InChI is InChI=1S/C11H12ClFO2/c1-7(5-11(14)15-2)9-6-8(13)3-4-10(9)12/h3-4,6-7H,5H2,1-2H3. The van der Waals surface area contributed by atoms with E-state index >= 15 is 0 Å². The summed E-state index contributed by atoms with van der Waals surface area (Å²) in [6.45, 7) is 1.80. The van der Waals surface area contributed by atoms with Gasteiger partial charge in [0.25, 0.3) is 0 Å². The average molecular weight is 231 g/mol. The smallest absolute Gasteiger partial charge is 0.306 e. The van der Waals surface area contributed by atoms with Crippen molar-refractivity contribution in [2.24, 2.45) is 0 Å². The molecule has 4 heteroatoms. The van der Waals surface area contributed by atoms with Gasteiger partial charge in [-0.3, -0.25) is 4.79 Å². The first-order chi connectivity index (χ1) is 7.04. The molecular weight excluding hydrogens is 219 g/mol. The van der Waals surface area contributed by atoms with Crippen LogP contribution in [0.1, 0.15) is 24.8 Å². The molecule has 0 saturated heterocycles. The average Bonchev–Trinajstić information content (AvgIpc) is 2.21. The van der Waals surface area contributed by atoms with Gasteiger partial charge in [0.05, 0.1) is 13.5 Å². The Morgan fingerprint density at radius 2 is 2.27 bits per heavy atom. The van der Waals surface area contributed by atoms with Crippen LogP contribution in [0.25, 0.3) is 0 Å². The minimum Gasteiger partial charge on any atom is -0.469 e. The van der Waals surface area contributed by atoms with Gasteiger partial charge in [-0.1, -0.05) is 18.5 Å². The summed E-state index contributed by atoms with van der Waals surface area (Å²) in [4.78, 5) is 11.0. The van der Waals surface area contributed by atoms with Crippen molar-refractivity contribution in [1.82, 2.24) is 0 Å². The van der Waals surface area contributed by atoms with Gasteiger partial charge in [0.15, 0.2) is 0 Å². The number of hydrogen-bond donors (Lipinski definition) is 0. The van der Waals surface area contributed by atoms with Crippen LogP contribution in [-0.2, 0) is 9.53 Å². The van der Waals surface area contributed by atoms with E-state index in [9.17, 15) is 9.18 Å². The van der Waals surface area contributed by atoms with E-state index in [2.05, 4.69) is 4.74 Å². The third kappa shape index (κ3) is 3.20. The molecule has 82 valence electrons. The van der Waals surface area contributed by atoms with Gasteiger partial charge >= 0.3 is 5.97 Å². The van der Waals surface area contributed by atoms with Crippen molar-refractivity contribution in [2.75, 3.05) is 7.11 Å². The van der Waals surface area contributed by atoms with E-state index in [1.165, 1.54) is 25.3 Å². The molecule has 0 saturated carbocycles. The lowest BCUT2D eigenvalue weighted by Crippen LogP contribution is -2.06. The molecule has 1 aromatic rings. The Hall–Kier alpha value is -1.09. The fraction of sp³-hybridized carbons (Fsp3) is 0.364. The SMILES string of the molecule is COC(=O)CC(C)c1cc(F)ccc1Cl. The largest absolute Gasteiger partial charge is 0.469 e. The fourth-order valence-electron chi connectivity index (χ4n) is 1.34. The number of esters is 1. The van der Waals surface area contributed by atoms with Gasteiger partial charge in [-0.05, 0) is 29.7 Å². The van der Waals surface area contributed by atoms with Crippen LogP contribution in [0.5, 0.6) is 0 Å². The molecule has 0 heterocycles. The molecular formula is C11H12ClFO2. The predicted octanol–water partition coefficient (Wildman–Crippen LogP) is 3.15. The number of halogens is 2. The second-order valence-electron chi connectivity index (χ2n) is 3.35. The number of rotatable bonds is 3. The summed E-state index contributed by atoms with van der Waals surface area (Å²) in [5, 5.41) is 0.466. The summed E-state index contributed by atoms with van der Waals surface area (Å²) in [5.74, 6) is -0.838. The van der Waals surface area contributed by atoms with Crippen molar-refractivity contribution in [3.05, 3.63) is 34.6 Å². The number of methoxy groups -OCH3 is 1. The van der Waals surface area contributed by atoms with Crippen LogP contribution < -0.4 is 0 Å². The number of ether oxygens (including phenoxy) is 1. The Morgan fingerprint density at radius 1 is 1.60 bits per heavy atom. The van der Waals surface area contributed by atoms with Crippen LogP contribution in [0.2, 0.25) is 5.02 Å². The minimum atomic E-state index is -0.355. The summed E-state index contributed by atoms with van der Waals surface area (Å²) in [7, 11) is 1.32. The number of carbonyl (C=O) groups excluding carboxylic acids is 1. The molecule has 1 atom stereocenters. The molecule has 1 unspecified atom stereocenters. The highest BCUT2D eigenvalue weighted by atomic mass is 35.5. The van der Waals surface area contributed by atoms with Gasteiger partial charge in [-0.15, -0.1) is 0 Å². The molecule has 0 fully saturated rings. The van der Waals surface area contributed by atoms with Gasteiger partial charge in [0.2, 0.25) is 0 Å². The zero-order valence-corrected chi connectivity index (χ0v) is 9.34. The highest BCUT2D eigenvalue weighted by Crippen LogP contribution is 2.27. The Bertz CT molecular complexity index is 366. The van der Waals surface area contributed by atoms with Gasteiger partial charge in [-0.2, -0.15) is 0 Å². The Balaban J connectivity index is 2.85. The Morgan fingerprint density at radius 3 is 2.87 bits per heavy atom. The number of hydrogen-bond acceptors (Lipinski definition) is 2. The molecule has 1 aromatic carbocycles. The van der Waals surface area contributed by atoms with E-state index in [0.717, 1.165) is 0 Å². The second kappa shape index (κ2) is 5.12. The third-order valence-corrected chi connectivity index (χ3v) is 2.53. The molecule has 0 N–H and O–H groups in total. The van der Waals surface area contributed by atoms with Crippen molar-refractivity contribution in [3.8, 4) is 0 Å². The maximum Gasteiger partial charge on any atom is 0.306 e. The van der Waals surface area contributed by atoms with Crippen molar-refractivity contribution < 1.29 is 13.9 Å². The van der Waals surface area contributed by atoms with Crippen molar-refractivity contribution in [2.45, 2.75) is 19.3 Å². The highest BCUT2D eigenvalue weighted by molar-refractivity contribution is 6.31. The zero-order chi connectivity index (χ0) is 11.4. The molecule has 2 nitrogen and oxygen atoms in total. The van der Waals surface area contributed by atoms with Crippen LogP contribution >= 0.6 is 11.6 Å². The summed E-state index contributed by atoms with van der Waals surface area (Å²) < 4.78 is 17.5. The maximum absolute atomic E-state index is 13.0. The number of carbonyl (C=O) groups is 1. The first kappa shape index (κ1) is 12.0. The van der Waals surface area contributed by atoms with E-state index in [1.54, 1.807) is 6.92 Å². The van der Waals surface area contributed by atoms with Gasteiger partial charge in [0, 0.05) is 5.02 Å². The minimum absolute atomic E-state index is 0.152. The van der Waals surface area contributed by atoms with Crippen molar-refractivity contribution >= 4 is 17.6 Å². The lowest BCUT2D eigenvalue weighted by atomic mass is 9.98. The van der Waals surface area contributed by atoms with Crippen LogP contribution in [0.4, 0.5) is 4.39 Å². The summed E-state index contributed by atoms with van der Waals surface area (Å²) in [5.41, 5.74) is 0.627. The quantitative estimate of drug-likeness (QED) is 0.746. The lowest BCUT2D eigenvalue weighted by Gasteiger charge is -2.12. The topological polar surface area (TPSA) is 26.3 Å². The van der Waals surface area contributed by atoms with Gasteiger partial charge in [-0.25, -0.2) is 4.39 Å². The maximum atomic E-state index is 13.0. The summed E-state index contributed by atoms with van der Waals surface area (Å²) >= 11 is 5.90. The third-order valence-electron chi connectivity index (χ3n) is 2.19. The molecule has 1 rings (SSSR count). The molecule has 0 spiro atoms. The monoisotopic (exact) mass is 230 g/mol. The molecule has 15 heavy (non-hydrogen) atoms. The summed E-state index contributed by atoms with van der Waals surface area (Å²) in [6, 6.07) is 4.12. The molecule has 0 amide bonds. The Kier molecular flexibility index (Phi) is 4.09. The van der Waals surface area contributed by atoms with E-state index in [1.807, 2.05) is 0 Å². The van der Waals surface area contributed by atoms with Gasteiger partial charge < -0.3 is 4.74 Å². The Labute approximate surface area is 93.0 Å². The first-order valence-corrected chi connectivity index (χ1v) is 4.94. The highest BCUT2D eigenvalue weighted by Gasteiger charge is 2.14. The normalized spacial score (nSPS) is 12.3. The van der Waals surface area contributed by atoms with Crippen LogP contribution in [0.15, 0.2) is 18.2 Å². The zero-order valence-electron chi connectivity index (χ0n) is 8.59. The van der Waals surface area contributed by atoms with Crippen LogP contribution in [-0.4, -0.2) is 13.1 Å². The van der Waals surface area contributed by atoms with E-state index in [0.29, 0.717) is 10.6 Å². The van der Waals surface area contributed by atoms with E-state index in [4.69, 9.17) is 11.6 Å². The molecule has 0 aromatic heterocycles. The number of benzene rings is 1. The second-order valence-corrected chi connectivity index (χ2v) is 3.75. The molecule has 0 aliphatic carbocycles. The van der Waals surface area contributed by atoms with E-state index in [-0.39, 0.29) is 24.1 Å². The molecule has 0 bridgehead atoms. The van der Waals surface area contributed by atoms with Crippen LogP contribution in [0, 0.1) is 5.82 Å². The lowest BCUT2D eigenvalue weighted by molar-refractivity contribution is -0.140. The van der Waals surface area contributed by atoms with Crippen molar-refractivity contribution in [3.63, 3.8) is 0 Å². The molecule has 0 radical (unpaired) electrons. The summed E-state index contributed by atoms with van der Waals surface area (Å²) in [6.07, 6.45) is 0.194. The molecule has 0 aliphatic rings. The van der Waals surface area contributed by atoms with E-state index < -0.39 is 0 Å². The first-order valence-electron chi connectivity index (χ1n) is 4.56. The van der Waals surface area contributed by atoms with Crippen LogP contribution in [0.3, 0.4) is 0 Å². The van der Waals surface area contributed by atoms with Gasteiger partial charge in [0.1, 0.15) is 5.82 Å².